The topological polar surface area (TPSA) is 130 Å². The minimum Gasteiger partial charge on any atom is -0.382 e. The molecule has 3 amide bonds. The van der Waals surface area contributed by atoms with E-state index >= 15 is 0 Å². The lowest BCUT2D eigenvalue weighted by atomic mass is 10.00. The largest absolute Gasteiger partial charge is 0.416 e. The Hall–Kier alpha value is -5.17. The van der Waals surface area contributed by atoms with Gasteiger partial charge in [0, 0.05) is 29.2 Å². The zero-order valence-electron chi connectivity index (χ0n) is 24.6. The zero-order chi connectivity index (χ0) is 31.9. The van der Waals surface area contributed by atoms with Crippen LogP contribution in [0.1, 0.15) is 34.7 Å². The molecule has 5 aromatic rings. The van der Waals surface area contributed by atoms with Gasteiger partial charge in [0.15, 0.2) is 0 Å². The molecule has 232 valence electrons. The van der Waals surface area contributed by atoms with Crippen LogP contribution in [0.15, 0.2) is 66.9 Å². The van der Waals surface area contributed by atoms with Crippen molar-refractivity contribution < 1.29 is 22.8 Å². The predicted octanol–water partition coefficient (Wildman–Crippen LogP) is 5.93. The van der Waals surface area contributed by atoms with Crippen LogP contribution in [-0.4, -0.2) is 57.4 Å². The van der Waals surface area contributed by atoms with Gasteiger partial charge in [-0.1, -0.05) is 36.4 Å². The summed E-state index contributed by atoms with van der Waals surface area (Å²) in [6, 6.07) is 14.5. The highest BCUT2D eigenvalue weighted by Gasteiger charge is 2.30. The Morgan fingerprint density at radius 2 is 1.80 bits per heavy atom. The van der Waals surface area contributed by atoms with Gasteiger partial charge < -0.3 is 26.6 Å². The number of alkyl halides is 3. The molecule has 0 saturated carbocycles. The van der Waals surface area contributed by atoms with Gasteiger partial charge in [0.25, 0.3) is 5.91 Å². The number of carbonyl (C=O) groups excluding carboxylic acids is 2. The van der Waals surface area contributed by atoms with E-state index in [1.165, 1.54) is 18.3 Å². The van der Waals surface area contributed by atoms with Crippen molar-refractivity contribution >= 4 is 45.4 Å². The number of imidazole rings is 1. The van der Waals surface area contributed by atoms with Gasteiger partial charge in [-0.25, -0.2) is 14.8 Å². The second-order valence-electron chi connectivity index (χ2n) is 11.2. The molecule has 1 atom stereocenters. The third-order valence-electron chi connectivity index (χ3n) is 7.92. The Morgan fingerprint density at radius 3 is 2.56 bits per heavy atom. The summed E-state index contributed by atoms with van der Waals surface area (Å²) >= 11 is 0. The highest BCUT2D eigenvalue weighted by Crippen LogP contribution is 2.37. The van der Waals surface area contributed by atoms with Gasteiger partial charge in [-0.3, -0.25) is 9.20 Å². The van der Waals surface area contributed by atoms with E-state index in [9.17, 15) is 22.8 Å². The number of piperidine rings is 1. The molecule has 45 heavy (non-hydrogen) atoms. The first-order valence-electron chi connectivity index (χ1n) is 14.4. The van der Waals surface area contributed by atoms with E-state index < -0.39 is 17.8 Å². The summed E-state index contributed by atoms with van der Waals surface area (Å²) < 4.78 is 41.1. The van der Waals surface area contributed by atoms with Gasteiger partial charge in [0.2, 0.25) is 0 Å². The number of likely N-dealkylation sites (N-methyl/N-ethyl adjacent to an activating group) is 1. The number of rotatable bonds is 5. The van der Waals surface area contributed by atoms with Gasteiger partial charge in [0.1, 0.15) is 28.5 Å². The number of carbonyl (C=O) groups is 2. The van der Waals surface area contributed by atoms with Crippen LogP contribution >= 0.6 is 0 Å². The molecular formula is C32H31F3N8O2. The molecule has 0 bridgehead atoms. The highest BCUT2D eigenvalue weighted by molar-refractivity contribution is 6.11. The number of amides is 3. The average Bonchev–Trinajstić information content (AvgIpc) is 3.34. The summed E-state index contributed by atoms with van der Waals surface area (Å²) in [5, 5.41) is 9.72. The van der Waals surface area contributed by atoms with Crippen molar-refractivity contribution in [1.82, 2.24) is 24.6 Å². The van der Waals surface area contributed by atoms with Gasteiger partial charge in [-0.2, -0.15) is 13.2 Å². The number of nitrogens with one attached hydrogen (secondary N) is 3. The second-order valence-corrected chi connectivity index (χ2v) is 11.2. The van der Waals surface area contributed by atoms with Crippen molar-refractivity contribution in [3.8, 4) is 11.3 Å². The van der Waals surface area contributed by atoms with E-state index in [0.717, 1.165) is 43.5 Å². The lowest BCUT2D eigenvalue weighted by molar-refractivity contribution is -0.137. The Labute approximate surface area is 256 Å². The van der Waals surface area contributed by atoms with Crippen LogP contribution in [0, 0.1) is 6.92 Å². The first-order valence-corrected chi connectivity index (χ1v) is 14.4. The lowest BCUT2D eigenvalue weighted by Crippen LogP contribution is -2.46. The molecule has 5 N–H and O–H groups in total. The van der Waals surface area contributed by atoms with E-state index in [-0.39, 0.29) is 23.5 Å². The van der Waals surface area contributed by atoms with Gasteiger partial charge >= 0.3 is 12.2 Å². The molecule has 6 rings (SSSR count). The number of nitrogens with two attached hydrogens (primary N) is 1. The molecule has 0 spiro atoms. The minimum absolute atomic E-state index is 0.00142. The van der Waals surface area contributed by atoms with Crippen LogP contribution in [0.4, 0.5) is 35.2 Å². The quantitative estimate of drug-likeness (QED) is 0.194. The van der Waals surface area contributed by atoms with Crippen molar-refractivity contribution in [2.45, 2.75) is 32.0 Å². The summed E-state index contributed by atoms with van der Waals surface area (Å²) in [6.07, 6.45) is -1.20. The number of nitrogens with zero attached hydrogens (tertiary/aromatic N) is 4. The number of halogens is 3. The molecule has 1 fully saturated rings. The molecule has 0 radical (unpaired) electrons. The van der Waals surface area contributed by atoms with Crippen LogP contribution in [0.2, 0.25) is 0 Å². The van der Waals surface area contributed by atoms with E-state index in [4.69, 9.17) is 10.7 Å². The van der Waals surface area contributed by atoms with E-state index in [0.29, 0.717) is 39.4 Å². The predicted molar refractivity (Wildman–Crippen MR) is 167 cm³/mol. The fraction of sp³-hybridized carbons (Fsp3) is 0.250. The smallest absolute Gasteiger partial charge is 0.382 e. The fourth-order valence-corrected chi connectivity index (χ4v) is 5.88. The third-order valence-corrected chi connectivity index (χ3v) is 7.92. The summed E-state index contributed by atoms with van der Waals surface area (Å²) in [6.45, 7) is 3.54. The van der Waals surface area contributed by atoms with Crippen molar-refractivity contribution in [3.05, 3.63) is 83.9 Å². The van der Waals surface area contributed by atoms with Gasteiger partial charge in [-0.15, -0.1) is 0 Å². The Balaban J connectivity index is 1.33. The maximum Gasteiger partial charge on any atom is 0.416 e. The molecule has 0 aliphatic carbocycles. The molecule has 3 heterocycles. The molecule has 1 aliphatic heterocycles. The maximum absolute atomic E-state index is 13.4. The standard InChI is InChI=1S/C32H31F3N8O2/c1-18-38-27(28-29(36)37-16-26(43(18)28)30(44)39-21-9-6-14-42(2)17-21)24-12-13-25(23-11-4-3-10-22(23)24)41-31(45)40-20-8-5-7-19(15-20)32(33,34)35/h3-5,7-8,10-13,15-16,21H,6,9,14,17H2,1-2H3,(H2,36,37)(H,39,44)(H2,40,41,45)/t21-/m0/s1. The van der Waals surface area contributed by atoms with E-state index in [1.54, 1.807) is 29.5 Å². The number of aryl methyl sites for hydroxylation is 1. The fourth-order valence-electron chi connectivity index (χ4n) is 5.88. The Kier molecular flexibility index (Phi) is 7.79. The number of aromatic nitrogens is 3. The average molecular weight is 617 g/mol. The maximum atomic E-state index is 13.4. The lowest BCUT2D eigenvalue weighted by Gasteiger charge is -2.30. The molecule has 1 saturated heterocycles. The van der Waals surface area contributed by atoms with Crippen LogP contribution in [0.25, 0.3) is 27.5 Å². The monoisotopic (exact) mass is 616 g/mol. The number of fused-ring (bicyclic) bond motifs is 2. The molecule has 13 heteroatoms. The van der Waals surface area contributed by atoms with Crippen molar-refractivity contribution in [1.29, 1.82) is 0 Å². The number of hydrogen-bond donors (Lipinski definition) is 4. The number of anilines is 3. The van der Waals surface area contributed by atoms with Gasteiger partial charge in [0.05, 0.1) is 17.4 Å². The van der Waals surface area contributed by atoms with Crippen molar-refractivity contribution in [3.63, 3.8) is 0 Å². The number of benzene rings is 3. The molecule has 0 unspecified atom stereocenters. The Morgan fingerprint density at radius 1 is 1.02 bits per heavy atom. The molecule has 10 nitrogen and oxygen atoms in total. The highest BCUT2D eigenvalue weighted by atomic mass is 19.4. The van der Waals surface area contributed by atoms with Gasteiger partial charge in [-0.05, 0) is 63.0 Å². The van der Waals surface area contributed by atoms with Crippen molar-refractivity contribution in [2.75, 3.05) is 36.5 Å². The van der Waals surface area contributed by atoms with Crippen molar-refractivity contribution in [2.24, 2.45) is 0 Å². The first-order chi connectivity index (χ1) is 21.5. The number of hydrogen-bond acceptors (Lipinski definition) is 6. The zero-order valence-corrected chi connectivity index (χ0v) is 24.6. The van der Waals surface area contributed by atoms with Crippen LogP contribution < -0.4 is 21.7 Å². The summed E-state index contributed by atoms with van der Waals surface area (Å²) in [5.41, 5.74) is 7.96. The first kappa shape index (κ1) is 29.9. The van der Waals surface area contributed by atoms with Crippen LogP contribution in [0.3, 0.4) is 0 Å². The number of likely N-dealkylation sites (tertiary alicyclic amines) is 1. The Bertz CT molecular complexity index is 1940. The van der Waals surface area contributed by atoms with Crippen LogP contribution in [0.5, 0.6) is 0 Å². The SMILES string of the molecule is Cc1nc(-c2ccc(NC(=O)Nc3cccc(C(F)(F)F)c3)c3ccccc23)c2c(N)ncc(C(=O)N[C@H]3CCCN(C)C3)n12. The molecule has 1 aliphatic rings. The summed E-state index contributed by atoms with van der Waals surface area (Å²) in [5.74, 6) is 0.481. The second kappa shape index (κ2) is 11.7. The molecular weight excluding hydrogens is 585 g/mol. The number of urea groups is 1. The van der Waals surface area contributed by atoms with E-state index in [2.05, 4.69) is 25.8 Å². The molecule has 3 aromatic carbocycles. The van der Waals surface area contributed by atoms with Crippen LogP contribution in [-0.2, 0) is 6.18 Å². The normalized spacial score (nSPS) is 15.7. The molecule has 2 aromatic heterocycles. The third kappa shape index (κ3) is 5.98. The number of nitrogen functional groups attached to an aromatic ring is 1. The summed E-state index contributed by atoms with van der Waals surface area (Å²) in [7, 11) is 2.03. The van der Waals surface area contributed by atoms with E-state index in [1.807, 2.05) is 25.2 Å². The minimum atomic E-state index is -4.54. The summed E-state index contributed by atoms with van der Waals surface area (Å²) in [4.78, 5) is 37.6.